The van der Waals surface area contributed by atoms with Crippen molar-refractivity contribution in [2.75, 3.05) is 5.32 Å². The maximum Gasteiger partial charge on any atom is 0.255 e. The maximum absolute atomic E-state index is 12.2. The molecule has 0 bridgehead atoms. The summed E-state index contributed by atoms with van der Waals surface area (Å²) in [5, 5.41) is 11.9. The molecule has 1 N–H and O–H groups in total. The molecule has 0 radical (unpaired) electrons. The number of hydrogen-bond acceptors (Lipinski definition) is 3. The van der Waals surface area contributed by atoms with Gasteiger partial charge in [0.2, 0.25) is 0 Å². The molecule has 0 saturated heterocycles. The lowest BCUT2D eigenvalue weighted by Gasteiger charge is -2.06. The highest BCUT2D eigenvalue weighted by atomic mass is 35.5. The van der Waals surface area contributed by atoms with Gasteiger partial charge in [-0.15, -0.1) is 0 Å². The van der Waals surface area contributed by atoms with E-state index in [4.69, 9.17) is 11.6 Å². The average Bonchev–Trinajstić information content (AvgIpc) is 3.06. The number of carbonyl (C=O) groups is 1. The van der Waals surface area contributed by atoms with Gasteiger partial charge >= 0.3 is 0 Å². The van der Waals surface area contributed by atoms with Crippen molar-refractivity contribution < 1.29 is 4.79 Å². The molecule has 0 spiro atoms. The molecule has 0 aliphatic carbocycles. The second-order valence-electron chi connectivity index (χ2n) is 5.30. The maximum atomic E-state index is 12.2. The topological polar surface area (TPSA) is 64.7 Å². The van der Waals surface area contributed by atoms with Crippen molar-refractivity contribution in [2.24, 2.45) is 7.05 Å². The summed E-state index contributed by atoms with van der Waals surface area (Å²) >= 11 is 6.17. The Balaban J connectivity index is 1.81. The van der Waals surface area contributed by atoms with E-state index >= 15 is 0 Å². The van der Waals surface area contributed by atoms with Crippen LogP contribution in [0.15, 0.2) is 36.7 Å². The standard InChI is InChI=1S/C16H16ClN5O/c1-10-15(17)11(2)22(20-10)14-6-4-12(5-7-14)16(23)19-13-8-18-21(3)9-13/h4-9H,1-3H3,(H,19,23). The van der Waals surface area contributed by atoms with Crippen molar-refractivity contribution in [1.29, 1.82) is 0 Å². The van der Waals surface area contributed by atoms with Crippen LogP contribution < -0.4 is 5.32 Å². The van der Waals surface area contributed by atoms with Crippen LogP contribution in [0.4, 0.5) is 5.69 Å². The summed E-state index contributed by atoms with van der Waals surface area (Å²) in [5.41, 5.74) is 3.73. The van der Waals surface area contributed by atoms with Gasteiger partial charge in [0.1, 0.15) is 0 Å². The number of carbonyl (C=O) groups excluding carboxylic acids is 1. The van der Waals surface area contributed by atoms with Gasteiger partial charge in [0, 0.05) is 18.8 Å². The van der Waals surface area contributed by atoms with Gasteiger partial charge in [0.05, 0.1) is 34.0 Å². The van der Waals surface area contributed by atoms with Gasteiger partial charge in [0.25, 0.3) is 5.91 Å². The van der Waals surface area contributed by atoms with Gasteiger partial charge in [-0.1, -0.05) is 11.6 Å². The highest BCUT2D eigenvalue weighted by molar-refractivity contribution is 6.31. The van der Waals surface area contributed by atoms with Gasteiger partial charge in [-0.2, -0.15) is 10.2 Å². The number of halogens is 1. The van der Waals surface area contributed by atoms with Gasteiger partial charge in [-0.3, -0.25) is 9.48 Å². The molecule has 118 valence electrons. The van der Waals surface area contributed by atoms with E-state index in [-0.39, 0.29) is 5.91 Å². The lowest BCUT2D eigenvalue weighted by molar-refractivity contribution is 0.102. The Labute approximate surface area is 138 Å². The predicted octanol–water partition coefficient (Wildman–Crippen LogP) is 3.13. The van der Waals surface area contributed by atoms with Crippen LogP contribution >= 0.6 is 11.6 Å². The number of benzene rings is 1. The first-order valence-electron chi connectivity index (χ1n) is 7.08. The van der Waals surface area contributed by atoms with Crippen molar-refractivity contribution in [3.05, 3.63) is 58.6 Å². The van der Waals surface area contributed by atoms with Crippen LogP contribution in [0.25, 0.3) is 5.69 Å². The van der Waals surface area contributed by atoms with E-state index in [0.717, 1.165) is 17.1 Å². The average molecular weight is 330 g/mol. The van der Waals surface area contributed by atoms with Crippen molar-refractivity contribution in [3.63, 3.8) is 0 Å². The molecule has 0 unspecified atom stereocenters. The third-order valence-corrected chi connectivity index (χ3v) is 4.09. The fourth-order valence-electron chi connectivity index (χ4n) is 2.32. The largest absolute Gasteiger partial charge is 0.319 e. The summed E-state index contributed by atoms with van der Waals surface area (Å²) in [6.07, 6.45) is 3.34. The summed E-state index contributed by atoms with van der Waals surface area (Å²) in [4.78, 5) is 12.2. The second kappa shape index (κ2) is 5.89. The zero-order valence-corrected chi connectivity index (χ0v) is 13.8. The van der Waals surface area contributed by atoms with Gasteiger partial charge in [-0.25, -0.2) is 4.68 Å². The van der Waals surface area contributed by atoms with Crippen molar-refractivity contribution >= 4 is 23.2 Å². The highest BCUT2D eigenvalue weighted by Gasteiger charge is 2.12. The lowest BCUT2D eigenvalue weighted by atomic mass is 10.2. The first-order chi connectivity index (χ1) is 11.0. The van der Waals surface area contributed by atoms with Crippen LogP contribution in [0.2, 0.25) is 5.02 Å². The molecule has 0 saturated carbocycles. The van der Waals surface area contributed by atoms with Crippen molar-refractivity contribution in [1.82, 2.24) is 19.6 Å². The molecule has 6 nitrogen and oxygen atoms in total. The molecule has 2 heterocycles. The number of nitrogens with zero attached hydrogens (tertiary/aromatic N) is 4. The van der Waals surface area contributed by atoms with E-state index in [9.17, 15) is 4.79 Å². The number of rotatable bonds is 3. The molecule has 0 aliphatic rings. The van der Waals surface area contributed by atoms with E-state index in [1.807, 2.05) is 26.0 Å². The molecule has 0 aliphatic heterocycles. The van der Waals surface area contributed by atoms with Gasteiger partial charge in [0.15, 0.2) is 0 Å². The Morgan fingerprint density at radius 2 is 1.91 bits per heavy atom. The van der Waals surface area contributed by atoms with Crippen molar-refractivity contribution in [3.8, 4) is 5.69 Å². The molecule has 2 aromatic heterocycles. The normalized spacial score (nSPS) is 10.8. The van der Waals surface area contributed by atoms with Crippen LogP contribution in [-0.4, -0.2) is 25.5 Å². The summed E-state index contributed by atoms with van der Waals surface area (Å²) < 4.78 is 3.39. The molecule has 3 aromatic rings. The minimum absolute atomic E-state index is 0.184. The fourth-order valence-corrected chi connectivity index (χ4v) is 2.44. The Morgan fingerprint density at radius 1 is 1.22 bits per heavy atom. The Kier molecular flexibility index (Phi) is 3.92. The smallest absolute Gasteiger partial charge is 0.255 e. The number of aryl methyl sites for hydroxylation is 2. The van der Waals surface area contributed by atoms with E-state index in [1.165, 1.54) is 0 Å². The first-order valence-corrected chi connectivity index (χ1v) is 7.45. The zero-order chi connectivity index (χ0) is 16.6. The summed E-state index contributed by atoms with van der Waals surface area (Å²) in [6.45, 7) is 3.77. The molecule has 1 amide bonds. The van der Waals surface area contributed by atoms with Crippen LogP contribution in [-0.2, 0) is 7.05 Å². The molecule has 23 heavy (non-hydrogen) atoms. The minimum atomic E-state index is -0.184. The molecule has 1 aromatic carbocycles. The summed E-state index contributed by atoms with van der Waals surface area (Å²) in [6, 6.07) is 7.19. The summed E-state index contributed by atoms with van der Waals surface area (Å²) in [5.74, 6) is -0.184. The highest BCUT2D eigenvalue weighted by Crippen LogP contribution is 2.22. The van der Waals surface area contributed by atoms with Gasteiger partial charge in [-0.05, 0) is 38.1 Å². The first kappa shape index (κ1) is 15.3. The molecule has 3 rings (SSSR count). The number of aromatic nitrogens is 4. The number of nitrogens with one attached hydrogen (secondary N) is 1. The third-order valence-electron chi connectivity index (χ3n) is 3.54. The number of amides is 1. The van der Waals surface area contributed by atoms with E-state index in [0.29, 0.717) is 16.3 Å². The fraction of sp³-hybridized carbons (Fsp3) is 0.188. The monoisotopic (exact) mass is 329 g/mol. The Morgan fingerprint density at radius 3 is 2.43 bits per heavy atom. The Bertz CT molecular complexity index is 863. The van der Waals surface area contributed by atoms with Crippen LogP contribution in [0.3, 0.4) is 0 Å². The van der Waals surface area contributed by atoms with E-state index in [2.05, 4.69) is 15.5 Å². The molecule has 0 fully saturated rings. The predicted molar refractivity (Wildman–Crippen MR) is 89.2 cm³/mol. The molecular formula is C16H16ClN5O. The van der Waals surface area contributed by atoms with Crippen LogP contribution in [0, 0.1) is 13.8 Å². The third kappa shape index (κ3) is 2.98. The van der Waals surface area contributed by atoms with E-state index in [1.54, 1.807) is 40.9 Å². The van der Waals surface area contributed by atoms with Crippen LogP contribution in [0.1, 0.15) is 21.7 Å². The number of anilines is 1. The lowest BCUT2D eigenvalue weighted by Crippen LogP contribution is -2.11. The van der Waals surface area contributed by atoms with Crippen LogP contribution in [0.5, 0.6) is 0 Å². The Hall–Kier alpha value is -2.60. The van der Waals surface area contributed by atoms with E-state index < -0.39 is 0 Å². The zero-order valence-electron chi connectivity index (χ0n) is 13.0. The second-order valence-corrected chi connectivity index (χ2v) is 5.68. The SMILES string of the molecule is Cc1nn(-c2ccc(C(=O)Nc3cnn(C)c3)cc2)c(C)c1Cl. The molecule has 7 heteroatoms. The van der Waals surface area contributed by atoms with Crippen molar-refractivity contribution in [2.45, 2.75) is 13.8 Å². The summed E-state index contributed by atoms with van der Waals surface area (Å²) in [7, 11) is 1.80. The van der Waals surface area contributed by atoms with Gasteiger partial charge < -0.3 is 5.32 Å². The molecule has 0 atom stereocenters. The quantitative estimate of drug-likeness (QED) is 0.803. The molecular weight excluding hydrogens is 314 g/mol. The minimum Gasteiger partial charge on any atom is -0.319 e. The number of hydrogen-bond donors (Lipinski definition) is 1.